The Kier molecular flexibility index (Phi) is 9.62. The van der Waals surface area contributed by atoms with Gasteiger partial charge in [-0.2, -0.15) is 0 Å². The standard InChI is InChI=1S/C33H40N2O5/c1-23(37)34-19-25-5-3-6-29(17-25)26-12-14-28(15-13-26)33-39-31(20-35-16-4-7-30(35)22-38-2)18-32(40-33)27-10-8-24(21-36)9-11-27/h3,5-6,8-15,17,30-33,36H,4,7,16,18-22H2,1-2H3,(H,34,37). The molecule has 4 unspecified atom stereocenters. The molecular formula is C33H40N2O5. The predicted molar refractivity (Wildman–Crippen MR) is 154 cm³/mol. The number of nitrogens with zero attached hydrogens (tertiary/aromatic N) is 1. The Morgan fingerprint density at radius 3 is 2.50 bits per heavy atom. The summed E-state index contributed by atoms with van der Waals surface area (Å²) in [5.74, 6) is -0.0397. The van der Waals surface area contributed by atoms with Gasteiger partial charge in [0.05, 0.1) is 25.4 Å². The van der Waals surface area contributed by atoms with Gasteiger partial charge in [0, 0.05) is 45.1 Å². The van der Waals surface area contributed by atoms with Crippen molar-refractivity contribution in [2.24, 2.45) is 0 Å². The lowest BCUT2D eigenvalue weighted by atomic mass is 9.98. The number of likely N-dealkylation sites (tertiary alicyclic amines) is 1. The number of methoxy groups -OCH3 is 1. The van der Waals surface area contributed by atoms with Gasteiger partial charge in [0.25, 0.3) is 0 Å². The number of aliphatic hydroxyl groups is 1. The van der Waals surface area contributed by atoms with Gasteiger partial charge >= 0.3 is 0 Å². The van der Waals surface area contributed by atoms with Gasteiger partial charge < -0.3 is 24.6 Å². The van der Waals surface area contributed by atoms with Gasteiger partial charge in [-0.25, -0.2) is 0 Å². The van der Waals surface area contributed by atoms with Crippen LogP contribution in [0.25, 0.3) is 11.1 Å². The molecule has 2 fully saturated rings. The summed E-state index contributed by atoms with van der Waals surface area (Å²) < 4.78 is 18.6. The van der Waals surface area contributed by atoms with E-state index in [4.69, 9.17) is 14.2 Å². The highest BCUT2D eigenvalue weighted by molar-refractivity contribution is 5.73. The second kappa shape index (κ2) is 13.5. The summed E-state index contributed by atoms with van der Waals surface area (Å²) in [6, 6.07) is 25.0. The van der Waals surface area contributed by atoms with Crippen molar-refractivity contribution in [3.05, 3.63) is 95.1 Å². The molecule has 3 aromatic rings. The fourth-order valence-corrected chi connectivity index (χ4v) is 5.73. The lowest BCUT2D eigenvalue weighted by Gasteiger charge is -2.38. The molecule has 2 N–H and O–H groups in total. The Bertz CT molecular complexity index is 1250. The normalized spacial score (nSPS) is 23.3. The highest BCUT2D eigenvalue weighted by Gasteiger charge is 2.35. The van der Waals surface area contributed by atoms with Crippen molar-refractivity contribution < 1.29 is 24.1 Å². The summed E-state index contributed by atoms with van der Waals surface area (Å²) in [6.45, 7) is 4.71. The van der Waals surface area contributed by atoms with Crippen LogP contribution in [0.3, 0.4) is 0 Å². The van der Waals surface area contributed by atoms with Crippen LogP contribution >= 0.6 is 0 Å². The first kappa shape index (κ1) is 28.5. The van der Waals surface area contributed by atoms with E-state index < -0.39 is 6.29 Å². The van der Waals surface area contributed by atoms with Crippen LogP contribution in [0.4, 0.5) is 0 Å². The van der Waals surface area contributed by atoms with E-state index in [9.17, 15) is 9.90 Å². The van der Waals surface area contributed by atoms with E-state index >= 15 is 0 Å². The molecule has 5 rings (SSSR count). The minimum absolute atomic E-state index is 0.0175. The number of carbonyl (C=O) groups is 1. The van der Waals surface area contributed by atoms with Crippen LogP contribution in [0.15, 0.2) is 72.8 Å². The number of amides is 1. The van der Waals surface area contributed by atoms with E-state index in [1.54, 1.807) is 7.11 Å². The lowest BCUT2D eigenvalue weighted by Crippen LogP contribution is -2.42. The molecule has 4 atom stereocenters. The van der Waals surface area contributed by atoms with Crippen molar-refractivity contribution >= 4 is 5.91 Å². The number of aliphatic hydroxyl groups excluding tert-OH is 1. The Hall–Kier alpha value is -3.07. The highest BCUT2D eigenvalue weighted by atomic mass is 16.7. The van der Waals surface area contributed by atoms with Gasteiger partial charge in [-0.3, -0.25) is 9.69 Å². The highest BCUT2D eigenvalue weighted by Crippen LogP contribution is 2.39. The van der Waals surface area contributed by atoms with E-state index in [0.29, 0.717) is 12.6 Å². The molecule has 2 heterocycles. The molecule has 0 spiro atoms. The fourth-order valence-electron chi connectivity index (χ4n) is 5.73. The van der Waals surface area contributed by atoms with Gasteiger partial charge in [0.15, 0.2) is 6.29 Å². The predicted octanol–water partition coefficient (Wildman–Crippen LogP) is 5.14. The van der Waals surface area contributed by atoms with Crippen molar-refractivity contribution in [3.63, 3.8) is 0 Å². The summed E-state index contributed by atoms with van der Waals surface area (Å²) in [5.41, 5.74) is 6.21. The number of hydrogen-bond acceptors (Lipinski definition) is 6. The number of benzene rings is 3. The first-order valence-electron chi connectivity index (χ1n) is 14.2. The number of rotatable bonds is 10. The molecule has 2 aliphatic rings. The zero-order valence-electron chi connectivity index (χ0n) is 23.4. The van der Waals surface area contributed by atoms with E-state index in [1.807, 2.05) is 24.3 Å². The lowest BCUT2D eigenvalue weighted by molar-refractivity contribution is -0.253. The van der Waals surface area contributed by atoms with Crippen molar-refractivity contribution in [1.29, 1.82) is 0 Å². The smallest absolute Gasteiger partial charge is 0.217 e. The van der Waals surface area contributed by atoms with Crippen LogP contribution < -0.4 is 5.32 Å². The first-order chi connectivity index (χ1) is 19.5. The summed E-state index contributed by atoms with van der Waals surface area (Å²) >= 11 is 0. The number of carbonyl (C=O) groups excluding carboxylic acids is 1. The minimum Gasteiger partial charge on any atom is -0.392 e. The molecule has 7 heteroatoms. The van der Waals surface area contributed by atoms with Crippen molar-refractivity contribution in [3.8, 4) is 11.1 Å². The van der Waals surface area contributed by atoms with Crippen LogP contribution in [0.2, 0.25) is 0 Å². The maximum atomic E-state index is 11.3. The third-order valence-electron chi connectivity index (χ3n) is 7.90. The maximum absolute atomic E-state index is 11.3. The second-order valence-corrected chi connectivity index (χ2v) is 10.8. The quantitative estimate of drug-likeness (QED) is 0.368. The molecule has 3 aromatic carbocycles. The van der Waals surface area contributed by atoms with Crippen molar-refractivity contribution in [2.75, 3.05) is 26.8 Å². The van der Waals surface area contributed by atoms with Gasteiger partial charge in [-0.05, 0) is 53.3 Å². The maximum Gasteiger partial charge on any atom is 0.217 e. The zero-order chi connectivity index (χ0) is 27.9. The summed E-state index contributed by atoms with van der Waals surface area (Å²) in [7, 11) is 1.77. The van der Waals surface area contributed by atoms with E-state index in [-0.39, 0.29) is 24.7 Å². The second-order valence-electron chi connectivity index (χ2n) is 10.8. The van der Waals surface area contributed by atoms with E-state index in [1.165, 1.54) is 13.3 Å². The molecule has 40 heavy (non-hydrogen) atoms. The molecular weight excluding hydrogens is 504 g/mol. The Morgan fingerprint density at radius 1 is 1.00 bits per heavy atom. The summed E-state index contributed by atoms with van der Waals surface area (Å²) in [4.78, 5) is 13.8. The molecule has 0 aliphatic carbocycles. The first-order valence-corrected chi connectivity index (χ1v) is 14.2. The van der Waals surface area contributed by atoms with E-state index in [2.05, 4.69) is 58.7 Å². The third kappa shape index (κ3) is 7.16. The van der Waals surface area contributed by atoms with Gasteiger partial charge in [0.1, 0.15) is 0 Å². The molecule has 0 aromatic heterocycles. The summed E-state index contributed by atoms with van der Waals surface area (Å²) in [5, 5.41) is 12.3. The Labute approximate surface area is 237 Å². The zero-order valence-corrected chi connectivity index (χ0v) is 23.4. The Balaban J connectivity index is 1.34. The molecule has 2 saturated heterocycles. The van der Waals surface area contributed by atoms with Crippen LogP contribution in [-0.4, -0.2) is 54.9 Å². The van der Waals surface area contributed by atoms with Crippen LogP contribution in [0.1, 0.15) is 60.8 Å². The largest absolute Gasteiger partial charge is 0.392 e. The van der Waals surface area contributed by atoms with Gasteiger partial charge in [-0.1, -0.05) is 66.7 Å². The minimum atomic E-state index is -0.482. The monoisotopic (exact) mass is 544 g/mol. The van der Waals surface area contributed by atoms with E-state index in [0.717, 1.165) is 65.9 Å². The van der Waals surface area contributed by atoms with Gasteiger partial charge in [0.2, 0.25) is 5.91 Å². The molecule has 0 bridgehead atoms. The van der Waals surface area contributed by atoms with Crippen LogP contribution in [0.5, 0.6) is 0 Å². The molecule has 7 nitrogen and oxygen atoms in total. The van der Waals surface area contributed by atoms with Crippen molar-refractivity contribution in [2.45, 2.75) is 63.9 Å². The SMILES string of the molecule is COCC1CCCN1CC1CC(c2ccc(CO)cc2)OC(c2ccc(-c3cccc(CNC(C)=O)c3)cc2)O1. The molecule has 0 radical (unpaired) electrons. The van der Waals surface area contributed by atoms with Crippen molar-refractivity contribution in [1.82, 2.24) is 10.2 Å². The Morgan fingerprint density at radius 2 is 1.77 bits per heavy atom. The van der Waals surface area contributed by atoms with Gasteiger partial charge in [-0.15, -0.1) is 0 Å². The van der Waals surface area contributed by atoms with Crippen LogP contribution in [0, 0.1) is 0 Å². The topological polar surface area (TPSA) is 80.3 Å². The molecule has 212 valence electrons. The summed E-state index contributed by atoms with van der Waals surface area (Å²) in [6.07, 6.45) is 2.53. The molecule has 1 amide bonds. The van der Waals surface area contributed by atoms with Crippen LogP contribution in [-0.2, 0) is 32.2 Å². The number of hydrogen-bond donors (Lipinski definition) is 2. The fraction of sp³-hybridized carbons (Fsp3) is 0.424. The third-order valence-corrected chi connectivity index (χ3v) is 7.90. The average Bonchev–Trinajstić information content (AvgIpc) is 3.42. The molecule has 2 aliphatic heterocycles. The number of nitrogens with one attached hydrogen (secondary N) is 1. The molecule has 0 saturated carbocycles. The number of ether oxygens (including phenoxy) is 3. The average molecular weight is 545 g/mol.